The van der Waals surface area contributed by atoms with Gasteiger partial charge in [0.2, 0.25) is 0 Å². The zero-order chi connectivity index (χ0) is 13.2. The monoisotopic (exact) mass is 243 g/mol. The van der Waals surface area contributed by atoms with E-state index in [-0.39, 0.29) is 5.56 Å². The van der Waals surface area contributed by atoms with Crippen molar-refractivity contribution in [1.29, 1.82) is 0 Å². The summed E-state index contributed by atoms with van der Waals surface area (Å²) in [5.41, 5.74) is 4.63. The van der Waals surface area contributed by atoms with Crippen LogP contribution in [-0.4, -0.2) is 13.1 Å². The Hall–Kier alpha value is -1.49. The Kier molecular flexibility index (Phi) is 3.83. The Morgan fingerprint density at radius 1 is 1.41 bits per heavy atom. The Bertz CT molecular complexity index is 433. The summed E-state index contributed by atoms with van der Waals surface area (Å²) in [5.74, 6) is -2.59. The number of ether oxygens (including phenoxy) is 1. The lowest BCUT2D eigenvalue weighted by Crippen LogP contribution is -2.38. The summed E-state index contributed by atoms with van der Waals surface area (Å²) in [7, 11) is 1.22. The number of rotatable bonds is 3. The molecule has 1 rings (SSSR count). The highest BCUT2D eigenvalue weighted by atomic mass is 19.2. The fraction of sp³-hybridized carbons (Fsp3) is 0.417. The Balaban J connectivity index is 3.16. The van der Waals surface area contributed by atoms with Gasteiger partial charge in [-0.3, -0.25) is 4.79 Å². The van der Waals surface area contributed by atoms with Gasteiger partial charge < -0.3 is 10.5 Å². The number of carbonyl (C=O) groups is 1. The van der Waals surface area contributed by atoms with Gasteiger partial charge in [0.25, 0.3) is 0 Å². The first-order valence-corrected chi connectivity index (χ1v) is 5.10. The Morgan fingerprint density at radius 2 is 2.00 bits per heavy atom. The van der Waals surface area contributed by atoms with E-state index in [1.807, 2.05) is 0 Å². The SMILES string of the molecule is COC(=O)C(C)(C)[C@H](N)c1cccc(F)c1F. The van der Waals surface area contributed by atoms with Gasteiger partial charge in [0.15, 0.2) is 11.6 Å². The number of hydrogen-bond donors (Lipinski definition) is 1. The van der Waals surface area contributed by atoms with E-state index < -0.39 is 29.1 Å². The summed E-state index contributed by atoms with van der Waals surface area (Å²) in [6, 6.07) is 2.72. The van der Waals surface area contributed by atoms with Gasteiger partial charge >= 0.3 is 5.97 Å². The molecule has 0 fully saturated rings. The van der Waals surface area contributed by atoms with E-state index in [1.54, 1.807) is 0 Å². The number of hydrogen-bond acceptors (Lipinski definition) is 3. The molecular formula is C12H15F2NO2. The highest BCUT2D eigenvalue weighted by Gasteiger charge is 2.38. The molecular weight excluding hydrogens is 228 g/mol. The molecule has 0 aromatic heterocycles. The van der Waals surface area contributed by atoms with E-state index in [1.165, 1.54) is 33.1 Å². The molecule has 0 amide bonds. The number of halogens is 2. The zero-order valence-electron chi connectivity index (χ0n) is 9.96. The van der Waals surface area contributed by atoms with Crippen molar-refractivity contribution in [1.82, 2.24) is 0 Å². The largest absolute Gasteiger partial charge is 0.469 e. The van der Waals surface area contributed by atoms with Gasteiger partial charge in [-0.25, -0.2) is 8.78 Å². The van der Waals surface area contributed by atoms with Gasteiger partial charge in [0.05, 0.1) is 12.5 Å². The average molecular weight is 243 g/mol. The Morgan fingerprint density at radius 3 is 2.53 bits per heavy atom. The van der Waals surface area contributed by atoms with Gasteiger partial charge in [0.1, 0.15) is 0 Å². The van der Waals surface area contributed by atoms with Crippen molar-refractivity contribution >= 4 is 5.97 Å². The van der Waals surface area contributed by atoms with Gasteiger partial charge in [-0.15, -0.1) is 0 Å². The van der Waals surface area contributed by atoms with Crippen LogP contribution >= 0.6 is 0 Å². The third kappa shape index (κ3) is 2.44. The van der Waals surface area contributed by atoms with E-state index in [9.17, 15) is 13.6 Å². The molecule has 5 heteroatoms. The van der Waals surface area contributed by atoms with Crippen LogP contribution in [0.2, 0.25) is 0 Å². The maximum atomic E-state index is 13.5. The molecule has 3 nitrogen and oxygen atoms in total. The fourth-order valence-corrected chi connectivity index (χ4v) is 1.54. The van der Waals surface area contributed by atoms with Crippen molar-refractivity contribution in [2.75, 3.05) is 7.11 Å². The quantitative estimate of drug-likeness (QED) is 0.828. The summed E-state index contributed by atoms with van der Waals surface area (Å²) in [4.78, 5) is 11.5. The van der Waals surface area contributed by atoms with Crippen molar-refractivity contribution in [2.24, 2.45) is 11.1 Å². The number of benzene rings is 1. The van der Waals surface area contributed by atoms with Crippen molar-refractivity contribution < 1.29 is 18.3 Å². The van der Waals surface area contributed by atoms with Crippen molar-refractivity contribution in [2.45, 2.75) is 19.9 Å². The van der Waals surface area contributed by atoms with Crippen LogP contribution in [0.5, 0.6) is 0 Å². The molecule has 17 heavy (non-hydrogen) atoms. The second kappa shape index (κ2) is 4.79. The molecule has 1 aromatic rings. The average Bonchev–Trinajstić information content (AvgIpc) is 2.30. The third-order valence-electron chi connectivity index (χ3n) is 2.81. The Labute approximate surface area is 98.6 Å². The molecule has 1 aromatic carbocycles. The van der Waals surface area contributed by atoms with Crippen LogP contribution < -0.4 is 5.73 Å². The molecule has 94 valence electrons. The van der Waals surface area contributed by atoms with Gasteiger partial charge in [-0.2, -0.15) is 0 Å². The second-order valence-electron chi connectivity index (χ2n) is 4.33. The maximum Gasteiger partial charge on any atom is 0.313 e. The van der Waals surface area contributed by atoms with Gasteiger partial charge in [-0.1, -0.05) is 12.1 Å². The topological polar surface area (TPSA) is 52.3 Å². The lowest BCUT2D eigenvalue weighted by Gasteiger charge is -2.29. The lowest BCUT2D eigenvalue weighted by atomic mass is 9.81. The van der Waals surface area contributed by atoms with E-state index in [0.717, 1.165) is 6.07 Å². The molecule has 0 saturated heterocycles. The van der Waals surface area contributed by atoms with Crippen molar-refractivity contribution in [3.05, 3.63) is 35.4 Å². The zero-order valence-corrected chi connectivity index (χ0v) is 9.96. The highest BCUT2D eigenvalue weighted by Crippen LogP contribution is 2.34. The highest BCUT2D eigenvalue weighted by molar-refractivity contribution is 5.77. The number of methoxy groups -OCH3 is 1. The molecule has 0 radical (unpaired) electrons. The molecule has 0 heterocycles. The van der Waals surface area contributed by atoms with Crippen LogP contribution in [0.1, 0.15) is 25.5 Å². The standard InChI is InChI=1S/C12H15F2NO2/c1-12(2,11(16)17-3)10(15)7-5-4-6-8(13)9(7)14/h4-6,10H,15H2,1-3H3/t10-/m1/s1. The molecule has 2 N–H and O–H groups in total. The van der Waals surface area contributed by atoms with Crippen LogP contribution in [0.15, 0.2) is 18.2 Å². The third-order valence-corrected chi connectivity index (χ3v) is 2.81. The predicted molar refractivity (Wildman–Crippen MR) is 59.1 cm³/mol. The molecule has 0 bridgehead atoms. The molecule has 0 spiro atoms. The van der Waals surface area contributed by atoms with E-state index >= 15 is 0 Å². The lowest BCUT2D eigenvalue weighted by molar-refractivity contribution is -0.152. The van der Waals surface area contributed by atoms with Crippen LogP contribution in [0, 0.1) is 17.0 Å². The molecule has 0 aliphatic carbocycles. The van der Waals surface area contributed by atoms with Crippen LogP contribution in [0.25, 0.3) is 0 Å². The van der Waals surface area contributed by atoms with Gasteiger partial charge in [0, 0.05) is 11.6 Å². The number of esters is 1. The number of carbonyl (C=O) groups excluding carboxylic acids is 1. The second-order valence-corrected chi connectivity index (χ2v) is 4.33. The predicted octanol–water partition coefficient (Wildman–Crippen LogP) is 2.16. The maximum absolute atomic E-state index is 13.5. The van der Waals surface area contributed by atoms with E-state index in [2.05, 4.69) is 4.74 Å². The molecule has 0 aliphatic rings. The minimum absolute atomic E-state index is 0.0413. The van der Waals surface area contributed by atoms with Gasteiger partial charge in [-0.05, 0) is 19.9 Å². The first kappa shape index (κ1) is 13.6. The molecule has 0 unspecified atom stereocenters. The first-order chi connectivity index (χ1) is 7.82. The molecule has 0 saturated carbocycles. The van der Waals surface area contributed by atoms with Crippen LogP contribution in [-0.2, 0) is 9.53 Å². The van der Waals surface area contributed by atoms with Crippen molar-refractivity contribution in [3.8, 4) is 0 Å². The normalized spacial score (nSPS) is 13.3. The summed E-state index contributed by atoms with van der Waals surface area (Å²) in [6.07, 6.45) is 0. The minimum Gasteiger partial charge on any atom is -0.469 e. The smallest absolute Gasteiger partial charge is 0.313 e. The number of nitrogens with two attached hydrogens (primary N) is 1. The summed E-state index contributed by atoms with van der Waals surface area (Å²) in [5, 5.41) is 0. The van der Waals surface area contributed by atoms with E-state index in [0.29, 0.717) is 0 Å². The first-order valence-electron chi connectivity index (χ1n) is 5.10. The summed E-state index contributed by atoms with van der Waals surface area (Å²) >= 11 is 0. The van der Waals surface area contributed by atoms with Crippen molar-refractivity contribution in [3.63, 3.8) is 0 Å². The van der Waals surface area contributed by atoms with Crippen LogP contribution in [0.4, 0.5) is 8.78 Å². The fourth-order valence-electron chi connectivity index (χ4n) is 1.54. The molecule has 1 atom stereocenters. The minimum atomic E-state index is -1.14. The van der Waals surface area contributed by atoms with Crippen LogP contribution in [0.3, 0.4) is 0 Å². The molecule has 0 aliphatic heterocycles. The van der Waals surface area contributed by atoms with E-state index in [4.69, 9.17) is 5.73 Å². The summed E-state index contributed by atoms with van der Waals surface area (Å²) in [6.45, 7) is 3.04. The summed E-state index contributed by atoms with van der Waals surface area (Å²) < 4.78 is 31.2.